The van der Waals surface area contributed by atoms with Gasteiger partial charge < -0.3 is 14.4 Å². The molecule has 2 fully saturated rings. The maximum atomic E-state index is 13.0. The van der Waals surface area contributed by atoms with Crippen LogP contribution in [0, 0.1) is 0 Å². The zero-order valence-corrected chi connectivity index (χ0v) is 14.2. The van der Waals surface area contributed by atoms with Crippen molar-refractivity contribution in [1.82, 2.24) is 14.7 Å². The largest absolute Gasteiger partial charge is 0.371 e. The summed E-state index contributed by atoms with van der Waals surface area (Å²) in [6.45, 7) is 6.32. The molecule has 3 aliphatic rings. The third kappa shape index (κ3) is 2.39. The first-order chi connectivity index (χ1) is 11.0. The van der Waals surface area contributed by atoms with Crippen molar-refractivity contribution < 1.29 is 14.3 Å². The molecule has 3 aliphatic heterocycles. The van der Waals surface area contributed by atoms with Crippen LogP contribution >= 0.6 is 0 Å². The fourth-order valence-electron chi connectivity index (χ4n) is 4.23. The van der Waals surface area contributed by atoms with Gasteiger partial charge in [-0.3, -0.25) is 9.48 Å². The highest BCUT2D eigenvalue weighted by molar-refractivity contribution is 5.95. The Morgan fingerprint density at radius 3 is 2.78 bits per heavy atom. The lowest BCUT2D eigenvalue weighted by Gasteiger charge is -2.51. The molecule has 1 aromatic heterocycles. The highest BCUT2D eigenvalue weighted by atomic mass is 16.5. The first-order valence-corrected chi connectivity index (χ1v) is 8.63. The zero-order valence-electron chi connectivity index (χ0n) is 14.2. The summed E-state index contributed by atoms with van der Waals surface area (Å²) in [5.41, 5.74) is 2.64. The molecule has 23 heavy (non-hydrogen) atoms. The van der Waals surface area contributed by atoms with Gasteiger partial charge in [-0.15, -0.1) is 0 Å². The summed E-state index contributed by atoms with van der Waals surface area (Å²) >= 11 is 0. The highest BCUT2D eigenvalue weighted by Gasteiger charge is 2.48. The predicted molar refractivity (Wildman–Crippen MR) is 84.3 cm³/mol. The van der Waals surface area contributed by atoms with Crippen LogP contribution in [0.25, 0.3) is 0 Å². The van der Waals surface area contributed by atoms with Gasteiger partial charge in [0.15, 0.2) is 0 Å². The number of carbonyl (C=O) groups excluding carboxylic acids is 1. The standard InChI is InChI=1S/C17H25N3O3/c1-11-8-13-14(12(2)23-11)18-19(3)15(13)16(21)20-9-17(10-20)6-4-5-7-22-17/h11-12H,4-10H2,1-3H3/t11-,12+/m1/s1. The van der Waals surface area contributed by atoms with Gasteiger partial charge in [-0.1, -0.05) is 0 Å². The minimum atomic E-state index is -0.0732. The Kier molecular flexibility index (Phi) is 3.50. The molecule has 1 spiro atoms. The molecule has 1 aromatic rings. The number of hydrogen-bond donors (Lipinski definition) is 0. The number of aromatic nitrogens is 2. The van der Waals surface area contributed by atoms with Crippen molar-refractivity contribution in [3.05, 3.63) is 17.0 Å². The summed E-state index contributed by atoms with van der Waals surface area (Å²) < 4.78 is 13.5. The number of amides is 1. The van der Waals surface area contributed by atoms with Gasteiger partial charge in [0, 0.05) is 25.6 Å². The first kappa shape index (κ1) is 15.1. The van der Waals surface area contributed by atoms with Gasteiger partial charge in [-0.2, -0.15) is 5.10 Å². The topological polar surface area (TPSA) is 56.6 Å². The summed E-state index contributed by atoms with van der Waals surface area (Å²) in [6.07, 6.45) is 4.24. The number of fused-ring (bicyclic) bond motifs is 1. The normalized spacial score (nSPS) is 29.3. The van der Waals surface area contributed by atoms with Crippen LogP contribution < -0.4 is 0 Å². The summed E-state index contributed by atoms with van der Waals surface area (Å²) in [5.74, 6) is 0.0855. The minimum absolute atomic E-state index is 0.0501. The summed E-state index contributed by atoms with van der Waals surface area (Å²) in [5, 5.41) is 4.55. The fourth-order valence-corrected chi connectivity index (χ4v) is 4.23. The molecule has 126 valence electrons. The van der Waals surface area contributed by atoms with Crippen LogP contribution in [0.1, 0.15) is 61.0 Å². The number of nitrogens with zero attached hydrogens (tertiary/aromatic N) is 3. The van der Waals surface area contributed by atoms with E-state index in [4.69, 9.17) is 9.47 Å². The number of ether oxygens (including phenoxy) is 2. The van der Waals surface area contributed by atoms with Crippen molar-refractivity contribution in [2.45, 2.75) is 57.3 Å². The number of likely N-dealkylation sites (tertiary alicyclic amines) is 1. The molecule has 6 nitrogen and oxygen atoms in total. The molecule has 0 N–H and O–H groups in total. The van der Waals surface area contributed by atoms with Crippen molar-refractivity contribution in [3.63, 3.8) is 0 Å². The van der Waals surface area contributed by atoms with E-state index in [0.717, 1.165) is 42.8 Å². The molecular formula is C17H25N3O3. The van der Waals surface area contributed by atoms with Gasteiger partial charge in [0.2, 0.25) is 0 Å². The van der Waals surface area contributed by atoms with E-state index in [1.165, 1.54) is 6.42 Å². The van der Waals surface area contributed by atoms with E-state index in [1.54, 1.807) is 4.68 Å². The van der Waals surface area contributed by atoms with Gasteiger partial charge >= 0.3 is 0 Å². The van der Waals surface area contributed by atoms with Crippen LogP contribution in [0.15, 0.2) is 0 Å². The second-order valence-electron chi connectivity index (χ2n) is 7.28. The van der Waals surface area contributed by atoms with Crippen LogP contribution in [0.4, 0.5) is 0 Å². The Morgan fingerprint density at radius 1 is 1.30 bits per heavy atom. The predicted octanol–water partition coefficient (Wildman–Crippen LogP) is 1.84. The lowest BCUT2D eigenvalue weighted by Crippen LogP contribution is -2.65. The van der Waals surface area contributed by atoms with E-state index < -0.39 is 0 Å². The van der Waals surface area contributed by atoms with Gasteiger partial charge in [-0.25, -0.2) is 0 Å². The molecule has 6 heteroatoms. The third-order valence-electron chi connectivity index (χ3n) is 5.37. The molecule has 0 aromatic carbocycles. The summed E-state index contributed by atoms with van der Waals surface area (Å²) in [7, 11) is 1.86. The Morgan fingerprint density at radius 2 is 2.09 bits per heavy atom. The molecule has 0 radical (unpaired) electrons. The second-order valence-corrected chi connectivity index (χ2v) is 7.28. The lowest BCUT2D eigenvalue weighted by atomic mass is 9.85. The van der Waals surface area contributed by atoms with Crippen molar-refractivity contribution in [3.8, 4) is 0 Å². The molecule has 0 aliphatic carbocycles. The van der Waals surface area contributed by atoms with Crippen molar-refractivity contribution in [2.75, 3.05) is 19.7 Å². The Labute approximate surface area is 136 Å². The Hall–Kier alpha value is -1.40. The number of rotatable bonds is 1. The molecular weight excluding hydrogens is 294 g/mol. The van der Waals surface area contributed by atoms with E-state index in [1.807, 2.05) is 18.9 Å². The number of hydrogen-bond acceptors (Lipinski definition) is 4. The fraction of sp³-hybridized carbons (Fsp3) is 0.765. The van der Waals surface area contributed by atoms with Crippen LogP contribution in [0.2, 0.25) is 0 Å². The zero-order chi connectivity index (χ0) is 16.2. The van der Waals surface area contributed by atoms with E-state index in [0.29, 0.717) is 13.1 Å². The quantitative estimate of drug-likeness (QED) is 0.792. The molecule has 0 bridgehead atoms. The average Bonchev–Trinajstić information content (AvgIpc) is 2.81. The number of carbonyl (C=O) groups is 1. The molecule has 0 unspecified atom stereocenters. The monoisotopic (exact) mass is 319 g/mol. The second kappa shape index (κ2) is 5.31. The maximum absolute atomic E-state index is 13.0. The van der Waals surface area contributed by atoms with Crippen LogP contribution in [-0.2, 0) is 22.9 Å². The van der Waals surface area contributed by atoms with Crippen LogP contribution in [0.3, 0.4) is 0 Å². The lowest BCUT2D eigenvalue weighted by molar-refractivity contribution is -0.152. The average molecular weight is 319 g/mol. The van der Waals surface area contributed by atoms with Crippen LogP contribution in [-0.4, -0.2) is 52.0 Å². The summed E-state index contributed by atoms with van der Waals surface area (Å²) in [4.78, 5) is 14.9. The number of aryl methyl sites for hydroxylation is 1. The van der Waals surface area contributed by atoms with Gasteiger partial charge in [-0.05, 0) is 33.1 Å². The molecule has 2 atom stereocenters. The Bertz CT molecular complexity index is 625. The van der Waals surface area contributed by atoms with Gasteiger partial charge in [0.1, 0.15) is 11.3 Å². The van der Waals surface area contributed by atoms with Gasteiger partial charge in [0.25, 0.3) is 5.91 Å². The molecule has 2 saturated heterocycles. The van der Waals surface area contributed by atoms with Crippen molar-refractivity contribution in [2.24, 2.45) is 7.05 Å². The maximum Gasteiger partial charge on any atom is 0.272 e. The molecule has 4 rings (SSSR count). The van der Waals surface area contributed by atoms with E-state index >= 15 is 0 Å². The molecule has 1 amide bonds. The molecule has 0 saturated carbocycles. The highest BCUT2D eigenvalue weighted by Crippen LogP contribution is 2.37. The van der Waals surface area contributed by atoms with Gasteiger partial charge in [0.05, 0.1) is 31.0 Å². The SMILES string of the molecule is C[C@@H]1Cc2c(nn(C)c2C(=O)N2CC3(CCCCO3)C2)[C@H](C)O1. The van der Waals surface area contributed by atoms with Crippen molar-refractivity contribution >= 4 is 5.91 Å². The first-order valence-electron chi connectivity index (χ1n) is 8.63. The molecule has 4 heterocycles. The minimum Gasteiger partial charge on any atom is -0.371 e. The van der Waals surface area contributed by atoms with E-state index in [2.05, 4.69) is 12.0 Å². The van der Waals surface area contributed by atoms with E-state index in [9.17, 15) is 4.79 Å². The van der Waals surface area contributed by atoms with Crippen LogP contribution in [0.5, 0.6) is 0 Å². The smallest absolute Gasteiger partial charge is 0.272 e. The Balaban J connectivity index is 1.56. The van der Waals surface area contributed by atoms with Crippen molar-refractivity contribution in [1.29, 1.82) is 0 Å². The van der Waals surface area contributed by atoms with E-state index in [-0.39, 0.29) is 23.7 Å². The third-order valence-corrected chi connectivity index (χ3v) is 5.37. The summed E-state index contributed by atoms with van der Waals surface area (Å²) in [6, 6.07) is 0.